The Balaban J connectivity index is 2.22. The van der Waals surface area contributed by atoms with Crippen LogP contribution in [0.3, 0.4) is 0 Å². The lowest BCUT2D eigenvalue weighted by Crippen LogP contribution is -2.47. The highest BCUT2D eigenvalue weighted by Crippen LogP contribution is 2.28. The lowest BCUT2D eigenvalue weighted by atomic mass is 10.1. The van der Waals surface area contributed by atoms with Crippen LogP contribution in [-0.4, -0.2) is 57.3 Å². The summed E-state index contributed by atoms with van der Waals surface area (Å²) in [6.07, 6.45) is -2.66. The zero-order valence-electron chi connectivity index (χ0n) is 9.28. The molecule has 0 aromatic rings. The molecular weight excluding hydrogens is 351 g/mol. The summed E-state index contributed by atoms with van der Waals surface area (Å²) >= 11 is 1.84. The molecule has 2 heterocycles. The largest absolute Gasteiger partial charge is 0.394 e. The number of ether oxygens (including phenoxy) is 1. The monoisotopic (exact) mass is 364 g/mol. The van der Waals surface area contributed by atoms with Crippen molar-refractivity contribution >= 4 is 28.5 Å². The second-order valence-corrected chi connectivity index (χ2v) is 5.18. The first kappa shape index (κ1) is 13.7. The van der Waals surface area contributed by atoms with Crippen molar-refractivity contribution < 1.29 is 24.9 Å². The highest BCUT2D eigenvalue weighted by Gasteiger charge is 2.46. The van der Waals surface area contributed by atoms with Crippen LogP contribution in [0.2, 0.25) is 0 Å². The Bertz CT molecular complexity index is 413. The van der Waals surface area contributed by atoms with Gasteiger partial charge in [-0.05, 0) is 22.6 Å². The Kier molecular flexibility index (Phi) is 3.92. The molecule has 0 aromatic carbocycles. The smallest absolute Gasteiger partial charge is 0.264 e. The molecule has 0 radical (unpaired) electrons. The topological polar surface area (TPSA) is 102 Å². The summed E-state index contributed by atoms with van der Waals surface area (Å²) in [6.45, 7) is 3.25. The van der Waals surface area contributed by atoms with Gasteiger partial charge in [-0.1, -0.05) is 6.58 Å². The second-order valence-electron chi connectivity index (χ2n) is 4.01. The van der Waals surface area contributed by atoms with Crippen LogP contribution < -0.4 is 5.32 Å². The highest BCUT2D eigenvalue weighted by molar-refractivity contribution is 14.1. The Morgan fingerprint density at radius 2 is 2.17 bits per heavy atom. The maximum absolute atomic E-state index is 11.4. The fourth-order valence-corrected chi connectivity index (χ4v) is 2.29. The summed E-state index contributed by atoms with van der Waals surface area (Å²) in [6, 6.07) is 0. The Hall–Kier alpha value is -0.680. The molecule has 0 saturated carbocycles. The fraction of sp³-hybridized carbons (Fsp3) is 0.500. The third kappa shape index (κ3) is 2.26. The van der Waals surface area contributed by atoms with Gasteiger partial charge < -0.3 is 30.3 Å². The third-order valence-electron chi connectivity index (χ3n) is 2.83. The number of hydrogen-bond donors (Lipinski definition) is 4. The molecule has 2 aliphatic rings. The SMILES string of the molecule is C=C1NC(=O)C([123I])=CN1[C@@H]1O[C@H](CO)C(O)[C@H]1O. The summed E-state index contributed by atoms with van der Waals surface area (Å²) in [4.78, 5) is 12.8. The summed E-state index contributed by atoms with van der Waals surface area (Å²) in [7, 11) is 0. The summed E-state index contributed by atoms with van der Waals surface area (Å²) in [5.41, 5.74) is 0. The summed E-state index contributed by atoms with van der Waals surface area (Å²) < 4.78 is 5.75. The molecule has 1 fully saturated rings. The van der Waals surface area contributed by atoms with Crippen LogP contribution in [0.25, 0.3) is 0 Å². The van der Waals surface area contributed by atoms with Gasteiger partial charge >= 0.3 is 0 Å². The van der Waals surface area contributed by atoms with Crippen LogP contribution in [0.15, 0.2) is 22.2 Å². The minimum atomic E-state index is -1.20. The van der Waals surface area contributed by atoms with E-state index in [-0.39, 0.29) is 11.7 Å². The Labute approximate surface area is 117 Å². The maximum atomic E-state index is 11.4. The van der Waals surface area contributed by atoms with Gasteiger partial charge in [0, 0.05) is 6.20 Å². The first-order valence-electron chi connectivity index (χ1n) is 5.24. The molecule has 8 heteroatoms. The highest BCUT2D eigenvalue weighted by atomic mass is 123. The van der Waals surface area contributed by atoms with Gasteiger partial charge in [-0.25, -0.2) is 0 Å². The number of carbonyl (C=O) groups is 1. The van der Waals surface area contributed by atoms with Crippen molar-refractivity contribution in [1.82, 2.24) is 10.2 Å². The van der Waals surface area contributed by atoms with Crippen molar-refractivity contribution in [2.75, 3.05) is 6.61 Å². The molecule has 0 aliphatic carbocycles. The van der Waals surface area contributed by atoms with Gasteiger partial charge in [-0.15, -0.1) is 0 Å². The summed E-state index contributed by atoms with van der Waals surface area (Å²) in [5.74, 6) is -0.0427. The van der Waals surface area contributed by atoms with E-state index in [9.17, 15) is 15.0 Å². The van der Waals surface area contributed by atoms with Crippen molar-refractivity contribution in [2.24, 2.45) is 0 Å². The number of rotatable bonds is 2. The first-order chi connectivity index (χ1) is 8.45. The van der Waals surface area contributed by atoms with Gasteiger partial charge in [0.25, 0.3) is 5.91 Å². The van der Waals surface area contributed by atoms with Crippen LogP contribution in [0, 0.1) is 0 Å². The normalized spacial score (nSPS) is 36.7. The quantitative estimate of drug-likeness (QED) is 0.450. The standard InChI is InChI=1S/C10H13IN2O5/c1-4-12-9(17)5(11)2-13(4)10-8(16)7(15)6(3-14)18-10/h2,6-8,10,14-16H,1,3H2,(H,12,17)/t6-,7?,8-,10-/m1/s1/i11-4. The molecule has 18 heavy (non-hydrogen) atoms. The number of amides is 1. The molecule has 1 amide bonds. The predicted octanol–water partition coefficient (Wildman–Crippen LogP) is -1.40. The fourth-order valence-electron chi connectivity index (χ4n) is 1.85. The number of hydrogen-bond acceptors (Lipinski definition) is 6. The van der Waals surface area contributed by atoms with E-state index in [0.29, 0.717) is 3.58 Å². The summed E-state index contributed by atoms with van der Waals surface area (Å²) in [5, 5.41) is 31.0. The van der Waals surface area contributed by atoms with E-state index in [1.807, 2.05) is 22.6 Å². The molecule has 100 valence electrons. The minimum Gasteiger partial charge on any atom is -0.394 e. The van der Waals surface area contributed by atoms with Gasteiger partial charge in [-0.3, -0.25) is 4.79 Å². The Morgan fingerprint density at radius 3 is 2.72 bits per heavy atom. The molecule has 7 nitrogen and oxygen atoms in total. The molecule has 2 aliphatic heterocycles. The number of nitrogens with one attached hydrogen (secondary N) is 1. The van der Waals surface area contributed by atoms with Gasteiger partial charge in [0.2, 0.25) is 0 Å². The van der Waals surface area contributed by atoms with Gasteiger partial charge in [0.05, 0.1) is 10.2 Å². The molecule has 0 bridgehead atoms. The maximum Gasteiger partial charge on any atom is 0.264 e. The van der Waals surface area contributed by atoms with Crippen LogP contribution in [0.4, 0.5) is 0 Å². The van der Waals surface area contributed by atoms with Crippen LogP contribution in [-0.2, 0) is 9.53 Å². The molecule has 4 N–H and O–H groups in total. The number of nitrogens with zero attached hydrogens (tertiary/aromatic N) is 1. The average Bonchev–Trinajstić information content (AvgIpc) is 2.61. The Morgan fingerprint density at radius 1 is 1.50 bits per heavy atom. The van der Waals surface area contributed by atoms with Crippen molar-refractivity contribution in [3.8, 4) is 0 Å². The lowest BCUT2D eigenvalue weighted by molar-refractivity contribution is -0.118. The number of aliphatic hydroxyl groups is 3. The number of carbonyl (C=O) groups excluding carboxylic acids is 1. The van der Waals surface area contributed by atoms with Gasteiger partial charge in [0.15, 0.2) is 6.23 Å². The van der Waals surface area contributed by atoms with Gasteiger partial charge in [-0.2, -0.15) is 0 Å². The molecule has 1 unspecified atom stereocenters. The number of halogens is 1. The van der Waals surface area contributed by atoms with E-state index in [2.05, 4.69) is 11.9 Å². The number of aliphatic hydroxyl groups excluding tert-OH is 3. The van der Waals surface area contributed by atoms with Crippen molar-refractivity contribution in [1.29, 1.82) is 0 Å². The molecular formula is C10H13IN2O5. The van der Waals surface area contributed by atoms with E-state index in [0.717, 1.165) is 0 Å². The zero-order chi connectivity index (χ0) is 13.4. The van der Waals surface area contributed by atoms with E-state index < -0.39 is 31.1 Å². The molecule has 0 aromatic heterocycles. The van der Waals surface area contributed by atoms with E-state index in [1.54, 1.807) is 0 Å². The van der Waals surface area contributed by atoms with Crippen LogP contribution in [0.5, 0.6) is 0 Å². The molecule has 1 saturated heterocycles. The second kappa shape index (κ2) is 5.13. The van der Waals surface area contributed by atoms with Gasteiger partial charge in [0.1, 0.15) is 24.1 Å². The molecule has 4 atom stereocenters. The minimum absolute atomic E-state index is 0.246. The van der Waals surface area contributed by atoms with Crippen molar-refractivity contribution in [3.05, 3.63) is 22.2 Å². The van der Waals surface area contributed by atoms with E-state index >= 15 is 0 Å². The molecule has 0 spiro atoms. The zero-order valence-corrected chi connectivity index (χ0v) is 11.4. The predicted molar refractivity (Wildman–Crippen MR) is 69.0 cm³/mol. The van der Waals surface area contributed by atoms with E-state index in [4.69, 9.17) is 9.84 Å². The first-order valence-corrected chi connectivity index (χ1v) is 6.32. The van der Waals surface area contributed by atoms with Crippen molar-refractivity contribution in [3.63, 3.8) is 0 Å². The van der Waals surface area contributed by atoms with Crippen molar-refractivity contribution in [2.45, 2.75) is 24.5 Å². The lowest BCUT2D eigenvalue weighted by Gasteiger charge is -2.33. The van der Waals surface area contributed by atoms with E-state index in [1.165, 1.54) is 11.1 Å². The third-order valence-corrected chi connectivity index (χ3v) is 3.60. The molecule has 2 rings (SSSR count). The van der Waals surface area contributed by atoms with Crippen LogP contribution >= 0.6 is 22.6 Å². The average molecular weight is 364 g/mol. The van der Waals surface area contributed by atoms with Crippen LogP contribution in [0.1, 0.15) is 0 Å².